The first kappa shape index (κ1) is 19.4. The number of anilines is 1. The number of hydrogen-bond acceptors (Lipinski definition) is 4. The number of benzene rings is 2. The van der Waals surface area contributed by atoms with Crippen molar-refractivity contribution in [1.82, 2.24) is 9.66 Å². The average Bonchev–Trinajstić information content (AvgIpc) is 3.09. The molecule has 3 aromatic rings. The number of methoxy groups -OCH3 is 1. The molecule has 0 aliphatic carbocycles. The Bertz CT molecular complexity index is 968. The second-order valence-electron chi connectivity index (χ2n) is 7.38. The monoisotopic (exact) mass is 376 g/mol. The van der Waals surface area contributed by atoms with Crippen molar-refractivity contribution < 1.29 is 9.53 Å². The van der Waals surface area contributed by atoms with Gasteiger partial charge in [0.15, 0.2) is 0 Å². The lowest BCUT2D eigenvalue weighted by molar-refractivity contribution is -0.123. The third-order valence-corrected chi connectivity index (χ3v) is 4.11. The molecule has 0 saturated carbocycles. The minimum atomic E-state index is -0.538. The minimum absolute atomic E-state index is 0.126. The van der Waals surface area contributed by atoms with E-state index >= 15 is 0 Å². The molecule has 0 atom stereocenters. The van der Waals surface area contributed by atoms with Gasteiger partial charge in [0.05, 0.1) is 25.2 Å². The summed E-state index contributed by atoms with van der Waals surface area (Å²) in [6.07, 6.45) is 3.51. The highest BCUT2D eigenvalue weighted by Gasteiger charge is 2.23. The van der Waals surface area contributed by atoms with Crippen LogP contribution in [-0.2, 0) is 4.79 Å². The van der Waals surface area contributed by atoms with Gasteiger partial charge in [-0.2, -0.15) is 5.10 Å². The van der Waals surface area contributed by atoms with Crippen LogP contribution in [0.25, 0.3) is 11.3 Å². The summed E-state index contributed by atoms with van der Waals surface area (Å²) in [6, 6.07) is 17.3. The van der Waals surface area contributed by atoms with E-state index in [4.69, 9.17) is 4.74 Å². The number of amides is 1. The van der Waals surface area contributed by atoms with E-state index in [1.807, 2.05) is 75.4 Å². The third-order valence-electron chi connectivity index (χ3n) is 4.11. The summed E-state index contributed by atoms with van der Waals surface area (Å²) in [6.45, 7) is 5.57. The summed E-state index contributed by atoms with van der Waals surface area (Å²) < 4.78 is 6.75. The van der Waals surface area contributed by atoms with Crippen LogP contribution in [0.15, 0.2) is 65.9 Å². The molecule has 6 heteroatoms. The van der Waals surface area contributed by atoms with Crippen molar-refractivity contribution in [2.75, 3.05) is 12.4 Å². The molecule has 0 fully saturated rings. The Morgan fingerprint density at radius 3 is 2.39 bits per heavy atom. The van der Waals surface area contributed by atoms with E-state index in [0.29, 0.717) is 5.95 Å². The highest BCUT2D eigenvalue weighted by atomic mass is 16.5. The minimum Gasteiger partial charge on any atom is -0.497 e. The van der Waals surface area contributed by atoms with E-state index in [1.54, 1.807) is 24.2 Å². The summed E-state index contributed by atoms with van der Waals surface area (Å²) in [5.41, 5.74) is 2.05. The van der Waals surface area contributed by atoms with Gasteiger partial charge in [0.1, 0.15) is 5.75 Å². The molecule has 2 aromatic carbocycles. The van der Waals surface area contributed by atoms with E-state index in [-0.39, 0.29) is 5.91 Å². The summed E-state index contributed by atoms with van der Waals surface area (Å²) in [5, 5.41) is 7.36. The lowest BCUT2D eigenvalue weighted by Gasteiger charge is -2.16. The second-order valence-corrected chi connectivity index (χ2v) is 7.38. The molecule has 6 nitrogen and oxygen atoms in total. The number of imidazole rings is 1. The Morgan fingerprint density at radius 1 is 1.11 bits per heavy atom. The molecule has 1 aromatic heterocycles. The fourth-order valence-electron chi connectivity index (χ4n) is 2.40. The number of hydrogen-bond donors (Lipinski definition) is 1. The van der Waals surface area contributed by atoms with Crippen LogP contribution in [0.2, 0.25) is 0 Å². The maximum atomic E-state index is 12.4. The van der Waals surface area contributed by atoms with Crippen molar-refractivity contribution in [3.05, 3.63) is 66.4 Å². The van der Waals surface area contributed by atoms with Gasteiger partial charge in [0.2, 0.25) is 11.9 Å². The lowest BCUT2D eigenvalue weighted by atomic mass is 9.96. The zero-order chi connectivity index (χ0) is 20.1. The van der Waals surface area contributed by atoms with Gasteiger partial charge in [-0.1, -0.05) is 51.1 Å². The molecule has 0 aliphatic heterocycles. The SMILES string of the molecule is COc1ccc(/C=N/n2cc(-c3ccccc3)nc2NC(=O)C(C)(C)C)cc1. The largest absolute Gasteiger partial charge is 0.497 e. The summed E-state index contributed by atoms with van der Waals surface area (Å²) in [4.78, 5) is 17.0. The topological polar surface area (TPSA) is 68.5 Å². The molecule has 28 heavy (non-hydrogen) atoms. The molecule has 0 saturated heterocycles. The standard InChI is InChI=1S/C22H24N4O2/c1-22(2,3)20(27)25-21-24-19(17-8-6-5-7-9-17)15-26(21)23-14-16-10-12-18(28-4)13-11-16/h5-15H,1-4H3,(H,24,25,27)/b23-14+. The zero-order valence-electron chi connectivity index (χ0n) is 16.5. The van der Waals surface area contributed by atoms with Crippen LogP contribution in [-0.4, -0.2) is 28.9 Å². The van der Waals surface area contributed by atoms with Crippen LogP contribution < -0.4 is 10.1 Å². The first-order valence-electron chi connectivity index (χ1n) is 9.01. The van der Waals surface area contributed by atoms with Gasteiger partial charge in [0.25, 0.3) is 0 Å². The van der Waals surface area contributed by atoms with Crippen LogP contribution in [0.5, 0.6) is 5.75 Å². The summed E-state index contributed by atoms with van der Waals surface area (Å²) in [5.74, 6) is 1.03. The molecular formula is C22H24N4O2. The van der Waals surface area contributed by atoms with Crippen molar-refractivity contribution in [3.8, 4) is 17.0 Å². The predicted octanol–water partition coefficient (Wildman–Crippen LogP) is 4.43. The Labute approximate surface area is 164 Å². The van der Waals surface area contributed by atoms with Crippen molar-refractivity contribution >= 4 is 18.1 Å². The van der Waals surface area contributed by atoms with Crippen molar-refractivity contribution in [2.45, 2.75) is 20.8 Å². The molecule has 0 aliphatic rings. The van der Waals surface area contributed by atoms with Crippen molar-refractivity contribution in [3.63, 3.8) is 0 Å². The Balaban J connectivity index is 1.93. The second kappa shape index (κ2) is 8.08. The van der Waals surface area contributed by atoms with Crippen LogP contribution in [0.4, 0.5) is 5.95 Å². The number of rotatable bonds is 5. The van der Waals surface area contributed by atoms with Gasteiger partial charge in [-0.3, -0.25) is 10.1 Å². The molecule has 1 amide bonds. The molecule has 1 N–H and O–H groups in total. The number of ether oxygens (including phenoxy) is 1. The van der Waals surface area contributed by atoms with Crippen LogP contribution in [0.3, 0.4) is 0 Å². The first-order chi connectivity index (χ1) is 13.4. The van der Waals surface area contributed by atoms with Gasteiger partial charge in [0, 0.05) is 11.0 Å². The van der Waals surface area contributed by atoms with Crippen molar-refractivity contribution in [1.29, 1.82) is 0 Å². The Morgan fingerprint density at radius 2 is 1.79 bits per heavy atom. The number of carbonyl (C=O) groups is 1. The molecule has 0 spiro atoms. The van der Waals surface area contributed by atoms with E-state index in [2.05, 4.69) is 15.4 Å². The van der Waals surface area contributed by atoms with Crippen molar-refractivity contribution in [2.24, 2.45) is 10.5 Å². The van der Waals surface area contributed by atoms with Crippen LogP contribution in [0, 0.1) is 5.41 Å². The summed E-state index contributed by atoms with van der Waals surface area (Å²) >= 11 is 0. The summed E-state index contributed by atoms with van der Waals surface area (Å²) in [7, 11) is 1.63. The number of nitrogens with zero attached hydrogens (tertiary/aromatic N) is 3. The first-order valence-corrected chi connectivity index (χ1v) is 9.01. The van der Waals surface area contributed by atoms with Crippen LogP contribution in [0.1, 0.15) is 26.3 Å². The van der Waals surface area contributed by atoms with Gasteiger partial charge >= 0.3 is 0 Å². The van der Waals surface area contributed by atoms with E-state index in [9.17, 15) is 4.79 Å². The molecule has 0 radical (unpaired) electrons. The number of carbonyl (C=O) groups excluding carboxylic acids is 1. The molecular weight excluding hydrogens is 352 g/mol. The van der Waals surface area contributed by atoms with Crippen LogP contribution >= 0.6 is 0 Å². The normalized spacial score (nSPS) is 11.6. The van der Waals surface area contributed by atoms with E-state index in [0.717, 1.165) is 22.6 Å². The Kier molecular flexibility index (Phi) is 5.59. The average molecular weight is 376 g/mol. The maximum Gasteiger partial charge on any atom is 0.232 e. The number of nitrogens with one attached hydrogen (secondary N) is 1. The fourth-order valence-corrected chi connectivity index (χ4v) is 2.40. The highest BCUT2D eigenvalue weighted by molar-refractivity contribution is 5.93. The molecule has 1 heterocycles. The highest BCUT2D eigenvalue weighted by Crippen LogP contribution is 2.23. The van der Waals surface area contributed by atoms with Gasteiger partial charge in [-0.25, -0.2) is 9.66 Å². The third kappa shape index (κ3) is 4.65. The zero-order valence-corrected chi connectivity index (χ0v) is 16.5. The van der Waals surface area contributed by atoms with E-state index in [1.165, 1.54) is 0 Å². The van der Waals surface area contributed by atoms with Gasteiger partial charge < -0.3 is 4.74 Å². The lowest BCUT2D eigenvalue weighted by Crippen LogP contribution is -2.28. The smallest absolute Gasteiger partial charge is 0.232 e. The quantitative estimate of drug-likeness (QED) is 0.670. The molecule has 0 bridgehead atoms. The Hall–Kier alpha value is -3.41. The van der Waals surface area contributed by atoms with E-state index < -0.39 is 5.41 Å². The fraction of sp³-hybridized carbons (Fsp3) is 0.227. The predicted molar refractivity (Wildman–Crippen MR) is 112 cm³/mol. The molecule has 3 rings (SSSR count). The van der Waals surface area contributed by atoms with Gasteiger partial charge in [-0.15, -0.1) is 0 Å². The van der Waals surface area contributed by atoms with Gasteiger partial charge in [-0.05, 0) is 29.8 Å². The number of aromatic nitrogens is 2. The maximum absolute atomic E-state index is 12.4. The molecule has 144 valence electrons. The molecule has 0 unspecified atom stereocenters.